The van der Waals surface area contributed by atoms with E-state index >= 15 is 0 Å². The first-order chi connectivity index (χ1) is 10.4. The van der Waals surface area contributed by atoms with Crippen molar-refractivity contribution >= 4 is 46.3 Å². The summed E-state index contributed by atoms with van der Waals surface area (Å²) in [5.74, 6) is -0.687. The van der Waals surface area contributed by atoms with Crippen LogP contribution in [0.3, 0.4) is 0 Å². The van der Waals surface area contributed by atoms with Gasteiger partial charge >= 0.3 is 5.97 Å². The standard InChI is InChI=1S/C15H15NO4S2/c1-3-11(14(18)19)20-10-6-4-5-9(7-10)8-12-13(17)16(2)15(21)22-12/h4-8,11H,3H2,1-2H3,(H,18,19)/b12-8+. The molecule has 0 aromatic heterocycles. The topological polar surface area (TPSA) is 66.8 Å². The Morgan fingerprint density at radius 2 is 2.27 bits per heavy atom. The maximum atomic E-state index is 12.0. The summed E-state index contributed by atoms with van der Waals surface area (Å²) in [7, 11) is 1.64. The van der Waals surface area contributed by atoms with Crippen molar-refractivity contribution in [3.8, 4) is 5.75 Å². The molecule has 1 N–H and O–H groups in total. The molecule has 7 heteroatoms. The number of carbonyl (C=O) groups is 2. The number of amides is 1. The van der Waals surface area contributed by atoms with Crippen LogP contribution in [-0.2, 0) is 9.59 Å². The minimum absolute atomic E-state index is 0.140. The number of benzene rings is 1. The van der Waals surface area contributed by atoms with Gasteiger partial charge in [0.05, 0.1) is 4.91 Å². The second-order valence-corrected chi connectivity index (χ2v) is 6.34. The molecule has 0 bridgehead atoms. The molecular formula is C15H15NO4S2. The number of carboxylic acid groups (broad SMARTS) is 1. The lowest BCUT2D eigenvalue weighted by Crippen LogP contribution is -2.25. The van der Waals surface area contributed by atoms with Crippen molar-refractivity contribution in [2.24, 2.45) is 0 Å². The second kappa shape index (κ2) is 6.93. The molecule has 0 radical (unpaired) electrons. The van der Waals surface area contributed by atoms with Gasteiger partial charge in [-0.3, -0.25) is 9.69 Å². The first kappa shape index (κ1) is 16.5. The zero-order chi connectivity index (χ0) is 16.3. The van der Waals surface area contributed by atoms with Crippen LogP contribution in [0.2, 0.25) is 0 Å². The van der Waals surface area contributed by atoms with Crippen LogP contribution in [0.15, 0.2) is 29.2 Å². The van der Waals surface area contributed by atoms with Gasteiger partial charge in [-0.15, -0.1) is 0 Å². The van der Waals surface area contributed by atoms with Gasteiger partial charge in [-0.2, -0.15) is 0 Å². The lowest BCUT2D eigenvalue weighted by molar-refractivity contribution is -0.145. The quantitative estimate of drug-likeness (QED) is 0.658. The number of hydrogen-bond donors (Lipinski definition) is 1. The normalized spacial score (nSPS) is 17.9. The first-order valence-electron chi connectivity index (χ1n) is 6.63. The van der Waals surface area contributed by atoms with Crippen molar-refractivity contribution in [2.45, 2.75) is 19.4 Å². The molecule has 1 aliphatic rings. The van der Waals surface area contributed by atoms with E-state index in [-0.39, 0.29) is 5.91 Å². The fraction of sp³-hybridized carbons (Fsp3) is 0.267. The molecule has 22 heavy (non-hydrogen) atoms. The van der Waals surface area contributed by atoms with Gasteiger partial charge in [0.1, 0.15) is 10.1 Å². The van der Waals surface area contributed by atoms with Crippen molar-refractivity contribution in [3.05, 3.63) is 34.7 Å². The molecule has 0 saturated carbocycles. The predicted molar refractivity (Wildman–Crippen MR) is 89.7 cm³/mol. The van der Waals surface area contributed by atoms with Crippen LogP contribution in [0.1, 0.15) is 18.9 Å². The molecule has 1 aromatic carbocycles. The monoisotopic (exact) mass is 337 g/mol. The molecule has 1 amide bonds. The number of rotatable bonds is 5. The van der Waals surface area contributed by atoms with Gasteiger partial charge in [0.2, 0.25) is 0 Å². The van der Waals surface area contributed by atoms with E-state index in [9.17, 15) is 9.59 Å². The SMILES string of the molecule is CCC(Oc1cccc(/C=C2/SC(=S)N(C)C2=O)c1)C(=O)O. The number of hydrogen-bond acceptors (Lipinski definition) is 5. The average Bonchev–Trinajstić information content (AvgIpc) is 2.72. The molecule has 1 aliphatic heterocycles. The predicted octanol–water partition coefficient (Wildman–Crippen LogP) is 2.76. The first-order valence-corrected chi connectivity index (χ1v) is 7.86. The Hall–Kier alpha value is -1.86. The molecular weight excluding hydrogens is 322 g/mol. The van der Waals surface area contributed by atoms with Crippen LogP contribution in [-0.4, -0.2) is 39.4 Å². The molecule has 2 rings (SSSR count). The highest BCUT2D eigenvalue weighted by molar-refractivity contribution is 8.26. The summed E-state index contributed by atoms with van der Waals surface area (Å²) < 4.78 is 5.96. The van der Waals surface area contributed by atoms with Gasteiger partial charge in [0.15, 0.2) is 6.10 Å². The minimum atomic E-state index is -1.00. The van der Waals surface area contributed by atoms with E-state index in [4.69, 9.17) is 22.1 Å². The van der Waals surface area contributed by atoms with Crippen LogP contribution in [0, 0.1) is 0 Å². The largest absolute Gasteiger partial charge is 0.479 e. The number of thiocarbonyl (C=S) groups is 1. The highest BCUT2D eigenvalue weighted by atomic mass is 32.2. The fourth-order valence-corrected chi connectivity index (χ4v) is 3.03. The van der Waals surface area contributed by atoms with E-state index in [2.05, 4.69) is 0 Å². The number of thioether (sulfide) groups is 1. The van der Waals surface area contributed by atoms with Crippen LogP contribution in [0.5, 0.6) is 5.75 Å². The van der Waals surface area contributed by atoms with Crippen LogP contribution >= 0.6 is 24.0 Å². The molecule has 0 aliphatic carbocycles. The van der Waals surface area contributed by atoms with E-state index in [0.29, 0.717) is 21.4 Å². The number of ether oxygens (including phenoxy) is 1. The smallest absolute Gasteiger partial charge is 0.344 e. The Kier molecular flexibility index (Phi) is 5.20. The molecule has 1 saturated heterocycles. The summed E-state index contributed by atoms with van der Waals surface area (Å²) in [5, 5.41) is 9.02. The number of likely N-dealkylation sites (N-methyl/N-ethyl adjacent to an activating group) is 1. The zero-order valence-corrected chi connectivity index (χ0v) is 13.7. The Balaban J connectivity index is 2.21. The number of carbonyl (C=O) groups excluding carboxylic acids is 1. The fourth-order valence-electron chi connectivity index (χ4n) is 1.85. The average molecular weight is 337 g/mol. The van der Waals surface area contributed by atoms with Crippen LogP contribution in [0.4, 0.5) is 0 Å². The Morgan fingerprint density at radius 1 is 1.55 bits per heavy atom. The maximum absolute atomic E-state index is 12.0. The number of nitrogens with zero attached hydrogens (tertiary/aromatic N) is 1. The number of carboxylic acids is 1. The highest BCUT2D eigenvalue weighted by Crippen LogP contribution is 2.31. The summed E-state index contributed by atoms with van der Waals surface area (Å²) in [6.45, 7) is 1.75. The maximum Gasteiger partial charge on any atom is 0.344 e. The van der Waals surface area contributed by atoms with E-state index in [1.54, 1.807) is 38.2 Å². The van der Waals surface area contributed by atoms with Crippen molar-refractivity contribution in [3.63, 3.8) is 0 Å². The minimum Gasteiger partial charge on any atom is -0.479 e. The van der Waals surface area contributed by atoms with E-state index in [0.717, 1.165) is 5.56 Å². The van der Waals surface area contributed by atoms with Crippen molar-refractivity contribution in [1.82, 2.24) is 4.90 Å². The number of aliphatic carboxylic acids is 1. The Labute approximate surface area is 137 Å². The molecule has 1 fully saturated rings. The lowest BCUT2D eigenvalue weighted by Gasteiger charge is -2.13. The third-order valence-corrected chi connectivity index (χ3v) is 4.55. The third-order valence-electron chi connectivity index (χ3n) is 3.07. The molecule has 0 spiro atoms. The molecule has 1 unspecified atom stereocenters. The molecule has 116 valence electrons. The summed E-state index contributed by atoms with van der Waals surface area (Å²) >= 11 is 6.32. The third kappa shape index (κ3) is 3.66. The van der Waals surface area contributed by atoms with E-state index in [1.165, 1.54) is 16.7 Å². The van der Waals surface area contributed by atoms with Crippen molar-refractivity contribution < 1.29 is 19.4 Å². The Morgan fingerprint density at radius 3 is 2.82 bits per heavy atom. The zero-order valence-electron chi connectivity index (χ0n) is 12.1. The van der Waals surface area contributed by atoms with Gasteiger partial charge in [-0.1, -0.05) is 43.0 Å². The van der Waals surface area contributed by atoms with Gasteiger partial charge in [-0.05, 0) is 30.2 Å². The van der Waals surface area contributed by atoms with Gasteiger partial charge in [-0.25, -0.2) is 4.79 Å². The summed E-state index contributed by atoms with van der Waals surface area (Å²) in [5.41, 5.74) is 0.756. The summed E-state index contributed by atoms with van der Waals surface area (Å²) in [6.07, 6.45) is 1.20. The highest BCUT2D eigenvalue weighted by Gasteiger charge is 2.28. The molecule has 1 atom stereocenters. The van der Waals surface area contributed by atoms with Gasteiger partial charge < -0.3 is 9.84 Å². The summed E-state index contributed by atoms with van der Waals surface area (Å²) in [4.78, 5) is 24.9. The van der Waals surface area contributed by atoms with Crippen LogP contribution in [0.25, 0.3) is 6.08 Å². The van der Waals surface area contributed by atoms with Gasteiger partial charge in [0.25, 0.3) is 5.91 Å². The second-order valence-electron chi connectivity index (χ2n) is 4.67. The summed E-state index contributed by atoms with van der Waals surface area (Å²) in [6, 6.07) is 6.96. The van der Waals surface area contributed by atoms with Crippen molar-refractivity contribution in [2.75, 3.05) is 7.05 Å². The Bertz CT molecular complexity index is 657. The molecule has 1 heterocycles. The molecule has 1 aromatic rings. The van der Waals surface area contributed by atoms with Gasteiger partial charge in [0, 0.05) is 7.05 Å². The van der Waals surface area contributed by atoms with Crippen molar-refractivity contribution in [1.29, 1.82) is 0 Å². The molecule has 5 nitrogen and oxygen atoms in total. The van der Waals surface area contributed by atoms with Crippen LogP contribution < -0.4 is 4.74 Å². The van der Waals surface area contributed by atoms with E-state index in [1.807, 2.05) is 6.07 Å². The lowest BCUT2D eigenvalue weighted by atomic mass is 10.2. The van der Waals surface area contributed by atoms with E-state index < -0.39 is 12.1 Å².